The topological polar surface area (TPSA) is 79.6 Å². The molecule has 1 fully saturated rings. The number of amides is 1. The maximum atomic E-state index is 12.5. The molecular formula is C32H25ClN4O3S2. The van der Waals surface area contributed by atoms with Crippen LogP contribution in [0.25, 0.3) is 0 Å². The van der Waals surface area contributed by atoms with E-state index in [1.54, 1.807) is 6.20 Å². The van der Waals surface area contributed by atoms with E-state index in [9.17, 15) is 4.79 Å². The van der Waals surface area contributed by atoms with Crippen molar-refractivity contribution in [3.05, 3.63) is 132 Å². The molecule has 0 saturated carbocycles. The van der Waals surface area contributed by atoms with Crippen LogP contribution in [0.2, 0.25) is 5.02 Å². The molecule has 1 saturated heterocycles. The van der Waals surface area contributed by atoms with E-state index >= 15 is 0 Å². The Hall–Kier alpha value is -4.31. The van der Waals surface area contributed by atoms with Crippen LogP contribution in [0.4, 0.5) is 11.4 Å². The number of halogens is 1. The Morgan fingerprint density at radius 1 is 0.976 bits per heavy atom. The first kappa shape index (κ1) is 27.8. The van der Waals surface area contributed by atoms with Gasteiger partial charge in [-0.3, -0.25) is 9.78 Å². The molecule has 2 N–H and O–H groups in total. The van der Waals surface area contributed by atoms with Gasteiger partial charge < -0.3 is 24.7 Å². The lowest BCUT2D eigenvalue weighted by Crippen LogP contribution is -2.29. The number of furan rings is 1. The number of nitrogens with one attached hydrogen (secondary N) is 2. The van der Waals surface area contributed by atoms with Gasteiger partial charge in [0, 0.05) is 27.5 Å². The van der Waals surface area contributed by atoms with E-state index in [4.69, 9.17) is 33.0 Å². The second-order valence-electron chi connectivity index (χ2n) is 9.41. The summed E-state index contributed by atoms with van der Waals surface area (Å²) in [5.41, 5.74) is 2.34. The predicted octanol–water partition coefficient (Wildman–Crippen LogP) is 7.67. The molecule has 1 aliphatic heterocycles. The zero-order valence-corrected chi connectivity index (χ0v) is 24.5. The van der Waals surface area contributed by atoms with Gasteiger partial charge in [-0.25, -0.2) is 0 Å². The van der Waals surface area contributed by atoms with Gasteiger partial charge in [0.25, 0.3) is 5.91 Å². The second-order valence-corrected chi connectivity index (χ2v) is 11.3. The van der Waals surface area contributed by atoms with Crippen LogP contribution in [-0.2, 0) is 4.79 Å². The van der Waals surface area contributed by atoms with Crippen LogP contribution in [0.15, 0.2) is 130 Å². The highest BCUT2D eigenvalue weighted by Gasteiger charge is 2.42. The number of anilines is 2. The first-order chi connectivity index (χ1) is 20.5. The maximum absolute atomic E-state index is 12.5. The zero-order chi connectivity index (χ0) is 28.9. The van der Waals surface area contributed by atoms with Crippen molar-refractivity contribution in [2.45, 2.75) is 22.1 Å². The van der Waals surface area contributed by atoms with Gasteiger partial charge in [-0.1, -0.05) is 47.6 Å². The highest BCUT2D eigenvalue weighted by molar-refractivity contribution is 7.99. The Kier molecular flexibility index (Phi) is 8.41. The summed E-state index contributed by atoms with van der Waals surface area (Å²) in [6.45, 7) is -0.0887. The third kappa shape index (κ3) is 6.44. The third-order valence-corrected chi connectivity index (χ3v) is 8.06. The molecule has 0 radical (unpaired) electrons. The minimum atomic E-state index is -0.299. The number of ether oxygens (including phenoxy) is 1. The third-order valence-electron chi connectivity index (χ3n) is 6.57. The van der Waals surface area contributed by atoms with Crippen molar-refractivity contribution in [2.24, 2.45) is 0 Å². The van der Waals surface area contributed by atoms with E-state index in [1.165, 1.54) is 11.8 Å². The Labute approximate surface area is 257 Å². The van der Waals surface area contributed by atoms with Crippen molar-refractivity contribution in [2.75, 3.05) is 16.8 Å². The number of rotatable bonds is 9. The molecule has 0 aliphatic carbocycles. The van der Waals surface area contributed by atoms with E-state index in [0.717, 1.165) is 27.1 Å². The molecule has 0 spiro atoms. The summed E-state index contributed by atoms with van der Waals surface area (Å²) >= 11 is 13.4. The standard InChI is InChI=1S/C32H25ClN4O3S2/c33-21-9-15-25(16-10-21)42-29-18-17-27(40-29)31-30(26-8-4-5-19-34-26)36-32(41)37(31)23-13-11-22(12-14-23)35-28(38)20-39-24-6-2-1-3-7-24/h1-19,30-31H,20H2,(H,35,38)(H,36,41)/t30-,31-/m0/s1. The SMILES string of the molecule is O=C(COc1ccccc1)Nc1ccc(N2C(=S)N[C@@H](c3ccccn3)[C@@H]2c2ccc(Sc3ccc(Cl)cc3)o2)cc1. The highest BCUT2D eigenvalue weighted by Crippen LogP contribution is 2.43. The van der Waals surface area contributed by atoms with Gasteiger partial charge in [0.15, 0.2) is 16.8 Å². The fourth-order valence-corrected chi connectivity index (χ4v) is 5.91. The number of aromatic nitrogens is 1. The van der Waals surface area contributed by atoms with Gasteiger partial charge in [-0.15, -0.1) is 0 Å². The summed E-state index contributed by atoms with van der Waals surface area (Å²) < 4.78 is 11.9. The summed E-state index contributed by atoms with van der Waals surface area (Å²) in [5.74, 6) is 1.13. The number of para-hydroxylation sites is 1. The summed E-state index contributed by atoms with van der Waals surface area (Å²) in [5, 5.41) is 8.30. The predicted molar refractivity (Wildman–Crippen MR) is 169 cm³/mol. The van der Waals surface area contributed by atoms with Crippen LogP contribution < -0.4 is 20.3 Å². The average molecular weight is 613 g/mol. The molecule has 10 heteroatoms. The van der Waals surface area contributed by atoms with E-state index < -0.39 is 0 Å². The largest absolute Gasteiger partial charge is 0.484 e. The quantitative estimate of drug-likeness (QED) is 0.164. The van der Waals surface area contributed by atoms with Crippen molar-refractivity contribution >= 4 is 58.0 Å². The summed E-state index contributed by atoms with van der Waals surface area (Å²) in [6.07, 6.45) is 1.77. The number of carbonyl (C=O) groups excluding carboxylic acids is 1. The number of pyridine rings is 1. The van der Waals surface area contributed by atoms with Gasteiger partial charge in [-0.05, 0) is 97.1 Å². The van der Waals surface area contributed by atoms with Gasteiger partial charge in [0.2, 0.25) is 0 Å². The molecule has 5 aromatic rings. The van der Waals surface area contributed by atoms with Crippen LogP contribution >= 0.6 is 35.6 Å². The van der Waals surface area contributed by atoms with Crippen LogP contribution in [-0.4, -0.2) is 22.6 Å². The van der Waals surface area contributed by atoms with E-state index in [-0.39, 0.29) is 24.6 Å². The molecule has 42 heavy (non-hydrogen) atoms. The number of benzene rings is 3. The Morgan fingerprint density at radius 3 is 2.48 bits per heavy atom. The van der Waals surface area contributed by atoms with Gasteiger partial charge in [0.05, 0.1) is 11.7 Å². The number of nitrogens with zero attached hydrogens (tertiary/aromatic N) is 2. The molecule has 1 amide bonds. The smallest absolute Gasteiger partial charge is 0.262 e. The molecule has 3 heterocycles. The van der Waals surface area contributed by atoms with Crippen LogP contribution in [0.5, 0.6) is 5.75 Å². The lowest BCUT2D eigenvalue weighted by molar-refractivity contribution is -0.118. The van der Waals surface area contributed by atoms with E-state index in [0.29, 0.717) is 21.6 Å². The lowest BCUT2D eigenvalue weighted by atomic mass is 10.0. The number of thiocarbonyl (C=S) groups is 1. The van der Waals surface area contributed by atoms with Crippen LogP contribution in [0.3, 0.4) is 0 Å². The summed E-state index contributed by atoms with van der Waals surface area (Å²) in [7, 11) is 0. The molecule has 2 atom stereocenters. The number of hydrogen-bond donors (Lipinski definition) is 2. The zero-order valence-electron chi connectivity index (χ0n) is 22.1. The van der Waals surface area contributed by atoms with Crippen LogP contribution in [0, 0.1) is 0 Å². The molecule has 6 rings (SSSR count). The first-order valence-corrected chi connectivity index (χ1v) is 14.8. The van der Waals surface area contributed by atoms with Crippen molar-refractivity contribution < 1.29 is 13.9 Å². The van der Waals surface area contributed by atoms with Crippen molar-refractivity contribution in [3.63, 3.8) is 0 Å². The van der Waals surface area contributed by atoms with Gasteiger partial charge in [0.1, 0.15) is 17.6 Å². The van der Waals surface area contributed by atoms with E-state index in [2.05, 4.69) is 15.6 Å². The number of carbonyl (C=O) groups is 1. The summed E-state index contributed by atoms with van der Waals surface area (Å²) in [4.78, 5) is 20.1. The fraction of sp³-hybridized carbons (Fsp3) is 0.0938. The monoisotopic (exact) mass is 612 g/mol. The van der Waals surface area contributed by atoms with Crippen molar-refractivity contribution in [1.29, 1.82) is 0 Å². The molecule has 1 aliphatic rings. The minimum Gasteiger partial charge on any atom is -0.484 e. The molecule has 0 bridgehead atoms. The van der Waals surface area contributed by atoms with Gasteiger partial charge >= 0.3 is 0 Å². The fourth-order valence-electron chi connectivity index (χ4n) is 4.66. The minimum absolute atomic E-state index is 0.0887. The van der Waals surface area contributed by atoms with E-state index in [1.807, 2.05) is 114 Å². The van der Waals surface area contributed by atoms with Crippen molar-refractivity contribution in [1.82, 2.24) is 10.3 Å². The van der Waals surface area contributed by atoms with Crippen molar-refractivity contribution in [3.8, 4) is 5.75 Å². The number of hydrogen-bond acceptors (Lipinski definition) is 6. The Balaban J connectivity index is 1.22. The molecule has 210 valence electrons. The Bertz CT molecular complexity index is 1670. The molecule has 2 aromatic heterocycles. The lowest BCUT2D eigenvalue weighted by Gasteiger charge is -2.26. The van der Waals surface area contributed by atoms with Crippen LogP contribution in [0.1, 0.15) is 23.5 Å². The molecule has 3 aromatic carbocycles. The second kappa shape index (κ2) is 12.7. The highest BCUT2D eigenvalue weighted by atomic mass is 35.5. The van der Waals surface area contributed by atoms with Gasteiger partial charge in [-0.2, -0.15) is 0 Å². The maximum Gasteiger partial charge on any atom is 0.262 e. The average Bonchev–Trinajstić information content (AvgIpc) is 3.62. The first-order valence-electron chi connectivity index (χ1n) is 13.1. The normalized spacial score (nSPS) is 16.2. The Morgan fingerprint density at radius 2 is 1.74 bits per heavy atom. The molecular weight excluding hydrogens is 588 g/mol. The molecule has 7 nitrogen and oxygen atoms in total. The summed E-state index contributed by atoms with van der Waals surface area (Å²) in [6, 6.07) is 33.6. The molecule has 0 unspecified atom stereocenters.